The van der Waals surface area contributed by atoms with Gasteiger partial charge in [0.15, 0.2) is 0 Å². The molecule has 0 fully saturated rings. The van der Waals surface area contributed by atoms with Crippen molar-refractivity contribution >= 4 is 23.2 Å². The zero-order valence-corrected chi connectivity index (χ0v) is 10.9. The smallest absolute Gasteiger partial charge is 0.135 e. The third kappa shape index (κ3) is 2.35. The summed E-state index contributed by atoms with van der Waals surface area (Å²) in [6.45, 7) is 1.86. The minimum atomic E-state index is 0.428. The number of aromatic nitrogens is 2. The Morgan fingerprint density at radius 2 is 1.94 bits per heavy atom. The standard InChI is InChI=1S/C12H10Cl2N2O/c1-7-11(15-6-16-12(7)14)9-5-8(13)3-4-10(9)17-2/h3-6H,1-2H3. The summed E-state index contributed by atoms with van der Waals surface area (Å²) in [5, 5.41) is 1.05. The number of ether oxygens (including phenoxy) is 1. The van der Waals surface area contributed by atoms with E-state index in [9.17, 15) is 0 Å². The molecule has 0 N–H and O–H groups in total. The van der Waals surface area contributed by atoms with Crippen LogP contribution in [0.2, 0.25) is 10.2 Å². The van der Waals surface area contributed by atoms with Crippen LogP contribution in [0.1, 0.15) is 5.56 Å². The van der Waals surface area contributed by atoms with Crippen molar-refractivity contribution in [2.45, 2.75) is 6.92 Å². The van der Waals surface area contributed by atoms with E-state index in [1.807, 2.05) is 6.92 Å². The van der Waals surface area contributed by atoms with E-state index in [1.165, 1.54) is 6.33 Å². The molecule has 1 aromatic heterocycles. The lowest BCUT2D eigenvalue weighted by atomic mass is 10.1. The molecule has 0 saturated heterocycles. The Balaban J connectivity index is 2.67. The maximum Gasteiger partial charge on any atom is 0.135 e. The minimum absolute atomic E-state index is 0.428. The highest BCUT2D eigenvalue weighted by atomic mass is 35.5. The van der Waals surface area contributed by atoms with E-state index in [0.717, 1.165) is 16.8 Å². The topological polar surface area (TPSA) is 35.0 Å². The van der Waals surface area contributed by atoms with Gasteiger partial charge in [-0.1, -0.05) is 23.2 Å². The van der Waals surface area contributed by atoms with Crippen molar-refractivity contribution in [2.24, 2.45) is 0 Å². The normalized spacial score (nSPS) is 10.4. The molecule has 2 rings (SSSR count). The van der Waals surface area contributed by atoms with Crippen LogP contribution in [0, 0.1) is 6.92 Å². The van der Waals surface area contributed by atoms with Crippen LogP contribution in [0.3, 0.4) is 0 Å². The van der Waals surface area contributed by atoms with Crippen LogP contribution in [-0.2, 0) is 0 Å². The van der Waals surface area contributed by atoms with Crippen LogP contribution >= 0.6 is 23.2 Å². The van der Waals surface area contributed by atoms with Crippen LogP contribution in [-0.4, -0.2) is 17.1 Å². The van der Waals surface area contributed by atoms with E-state index < -0.39 is 0 Å². The number of hydrogen-bond acceptors (Lipinski definition) is 3. The summed E-state index contributed by atoms with van der Waals surface area (Å²) in [5.41, 5.74) is 2.33. The van der Waals surface area contributed by atoms with Gasteiger partial charge >= 0.3 is 0 Å². The molecule has 17 heavy (non-hydrogen) atoms. The highest BCUT2D eigenvalue weighted by molar-refractivity contribution is 6.31. The fourth-order valence-electron chi connectivity index (χ4n) is 1.57. The minimum Gasteiger partial charge on any atom is -0.496 e. The van der Waals surface area contributed by atoms with E-state index in [1.54, 1.807) is 25.3 Å². The molecular weight excluding hydrogens is 259 g/mol. The number of benzene rings is 1. The lowest BCUT2D eigenvalue weighted by Gasteiger charge is -2.10. The quantitative estimate of drug-likeness (QED) is 0.778. The first kappa shape index (κ1) is 12.1. The molecule has 88 valence electrons. The monoisotopic (exact) mass is 268 g/mol. The van der Waals surface area contributed by atoms with Gasteiger partial charge in [-0.2, -0.15) is 0 Å². The van der Waals surface area contributed by atoms with Crippen LogP contribution in [0.25, 0.3) is 11.3 Å². The van der Waals surface area contributed by atoms with Gasteiger partial charge in [-0.3, -0.25) is 0 Å². The molecule has 0 aliphatic heterocycles. The zero-order chi connectivity index (χ0) is 12.4. The maximum atomic E-state index is 5.98. The van der Waals surface area contributed by atoms with Gasteiger partial charge in [0.05, 0.1) is 12.8 Å². The average molecular weight is 269 g/mol. The van der Waals surface area contributed by atoms with E-state index in [0.29, 0.717) is 15.9 Å². The second-order valence-electron chi connectivity index (χ2n) is 3.48. The van der Waals surface area contributed by atoms with Gasteiger partial charge in [-0.25, -0.2) is 9.97 Å². The van der Waals surface area contributed by atoms with Crippen molar-refractivity contribution in [3.63, 3.8) is 0 Å². The fourth-order valence-corrected chi connectivity index (χ4v) is 1.87. The van der Waals surface area contributed by atoms with E-state index >= 15 is 0 Å². The predicted molar refractivity (Wildman–Crippen MR) is 68.8 cm³/mol. The number of halogens is 2. The second-order valence-corrected chi connectivity index (χ2v) is 4.28. The second kappa shape index (κ2) is 4.90. The number of hydrogen-bond donors (Lipinski definition) is 0. The van der Waals surface area contributed by atoms with E-state index in [-0.39, 0.29) is 0 Å². The third-order valence-electron chi connectivity index (χ3n) is 2.44. The fraction of sp³-hybridized carbons (Fsp3) is 0.167. The Kier molecular flexibility index (Phi) is 3.50. The summed E-state index contributed by atoms with van der Waals surface area (Å²) in [5.74, 6) is 0.701. The van der Waals surface area contributed by atoms with Gasteiger partial charge in [-0.05, 0) is 25.1 Å². The Hall–Kier alpha value is -1.32. The molecular formula is C12H10Cl2N2O. The highest BCUT2D eigenvalue weighted by Gasteiger charge is 2.12. The first-order chi connectivity index (χ1) is 8.13. The van der Waals surface area contributed by atoms with Crippen LogP contribution in [0.4, 0.5) is 0 Å². The molecule has 0 aliphatic rings. The molecule has 0 unspecified atom stereocenters. The molecule has 0 amide bonds. The third-order valence-corrected chi connectivity index (χ3v) is 3.06. The summed E-state index contributed by atoms with van der Waals surface area (Å²) >= 11 is 12.0. The van der Waals surface area contributed by atoms with Crippen molar-refractivity contribution in [3.8, 4) is 17.0 Å². The largest absolute Gasteiger partial charge is 0.496 e. The number of rotatable bonds is 2. The van der Waals surface area contributed by atoms with Crippen molar-refractivity contribution in [2.75, 3.05) is 7.11 Å². The van der Waals surface area contributed by atoms with Crippen LogP contribution < -0.4 is 4.74 Å². The predicted octanol–water partition coefficient (Wildman–Crippen LogP) is 3.77. The summed E-state index contributed by atoms with van der Waals surface area (Å²) < 4.78 is 5.29. The SMILES string of the molecule is COc1ccc(Cl)cc1-c1ncnc(Cl)c1C. The molecule has 3 nitrogen and oxygen atoms in total. The molecule has 0 aliphatic carbocycles. The molecule has 0 bridgehead atoms. The van der Waals surface area contributed by atoms with Crippen LogP contribution in [0.15, 0.2) is 24.5 Å². The van der Waals surface area contributed by atoms with E-state index in [4.69, 9.17) is 27.9 Å². The first-order valence-electron chi connectivity index (χ1n) is 4.94. The zero-order valence-electron chi connectivity index (χ0n) is 9.37. The molecule has 0 saturated carbocycles. The van der Waals surface area contributed by atoms with Crippen LogP contribution in [0.5, 0.6) is 5.75 Å². The Bertz CT molecular complexity index is 558. The van der Waals surface area contributed by atoms with Gasteiger partial charge in [0, 0.05) is 16.1 Å². The summed E-state index contributed by atoms with van der Waals surface area (Å²) in [4.78, 5) is 8.15. The van der Waals surface area contributed by atoms with Crippen molar-refractivity contribution in [1.29, 1.82) is 0 Å². The Labute approximate surface area is 109 Å². The molecule has 0 radical (unpaired) electrons. The molecule has 0 spiro atoms. The lowest BCUT2D eigenvalue weighted by molar-refractivity contribution is 0.416. The van der Waals surface area contributed by atoms with Crippen molar-refractivity contribution in [3.05, 3.63) is 40.3 Å². The van der Waals surface area contributed by atoms with Gasteiger partial charge in [-0.15, -0.1) is 0 Å². The Morgan fingerprint density at radius 3 is 2.65 bits per heavy atom. The van der Waals surface area contributed by atoms with Crippen molar-refractivity contribution < 1.29 is 4.74 Å². The molecule has 0 atom stereocenters. The molecule has 5 heteroatoms. The number of methoxy groups -OCH3 is 1. The summed E-state index contributed by atoms with van der Waals surface area (Å²) in [6.07, 6.45) is 1.42. The molecule has 1 heterocycles. The summed E-state index contributed by atoms with van der Waals surface area (Å²) in [6, 6.07) is 5.36. The Morgan fingerprint density at radius 1 is 1.18 bits per heavy atom. The summed E-state index contributed by atoms with van der Waals surface area (Å²) in [7, 11) is 1.60. The van der Waals surface area contributed by atoms with E-state index in [2.05, 4.69) is 9.97 Å². The average Bonchev–Trinajstić information content (AvgIpc) is 2.33. The highest BCUT2D eigenvalue weighted by Crippen LogP contribution is 2.34. The molecule has 1 aromatic carbocycles. The lowest BCUT2D eigenvalue weighted by Crippen LogP contribution is -1.95. The first-order valence-corrected chi connectivity index (χ1v) is 5.70. The number of nitrogens with zero attached hydrogens (tertiary/aromatic N) is 2. The van der Waals surface area contributed by atoms with Gasteiger partial charge in [0.1, 0.15) is 17.2 Å². The van der Waals surface area contributed by atoms with Gasteiger partial charge in [0.2, 0.25) is 0 Å². The van der Waals surface area contributed by atoms with Crippen molar-refractivity contribution in [1.82, 2.24) is 9.97 Å². The maximum absolute atomic E-state index is 5.98. The molecule has 2 aromatic rings. The van der Waals surface area contributed by atoms with Gasteiger partial charge < -0.3 is 4.74 Å². The van der Waals surface area contributed by atoms with Gasteiger partial charge in [0.25, 0.3) is 0 Å².